The van der Waals surface area contributed by atoms with E-state index in [1.165, 1.54) is 225 Å². The van der Waals surface area contributed by atoms with E-state index in [9.17, 15) is 0 Å². The van der Waals surface area contributed by atoms with Crippen molar-refractivity contribution in [3.8, 4) is 11.5 Å². The lowest BCUT2D eigenvalue weighted by Crippen LogP contribution is -2.16. The second-order valence-corrected chi connectivity index (χ2v) is 23.9. The van der Waals surface area contributed by atoms with Crippen molar-refractivity contribution < 1.29 is 9.47 Å². The van der Waals surface area contributed by atoms with Gasteiger partial charge in [0.25, 0.3) is 0 Å². The van der Waals surface area contributed by atoms with Gasteiger partial charge in [-0.2, -0.15) is 0 Å². The van der Waals surface area contributed by atoms with Gasteiger partial charge >= 0.3 is 0 Å². The van der Waals surface area contributed by atoms with E-state index in [0.29, 0.717) is 0 Å². The second kappa shape index (κ2) is 35.6. The molecule has 0 radical (unpaired) electrons. The van der Waals surface area contributed by atoms with Gasteiger partial charge in [-0.15, -0.1) is 0 Å². The first-order valence-electron chi connectivity index (χ1n) is 27.6. The number of benzene rings is 2. The van der Waals surface area contributed by atoms with Crippen LogP contribution >= 0.6 is 36.2 Å². The van der Waals surface area contributed by atoms with Crippen LogP contribution in [-0.2, 0) is 10.8 Å². The molecule has 0 N–H and O–H groups in total. The lowest BCUT2D eigenvalue weighted by molar-refractivity contribution is 0.493. The Morgan fingerprint density at radius 1 is 0.385 bits per heavy atom. The number of aryl methyl sites for hydroxylation is 2. The molecule has 0 aliphatic rings. The van der Waals surface area contributed by atoms with Crippen molar-refractivity contribution in [2.24, 2.45) is 0 Å². The Morgan fingerprint density at radius 2 is 0.615 bits per heavy atom. The standard InChI is InChI=1S/C60H102O2S3/c1-11-13-15-17-19-21-23-25-27-29-31-33-35-37-39-41-43-57(63)61-53-45-49(3)55(47-51(53)59(5,6)7)65-56-48-52(60(8,9)10)54(46-50(56)4)62-58(64)44-42-40-38-36-34-32-30-28-26-24-22-20-18-16-14-12-2/h45-48H,11-44H2,1-10H3. The van der Waals surface area contributed by atoms with Gasteiger partial charge < -0.3 is 9.47 Å². The minimum atomic E-state index is -0.0897. The molecule has 0 amide bonds. The molecule has 2 nitrogen and oxygen atoms in total. The zero-order chi connectivity index (χ0) is 47.8. The average Bonchev–Trinajstić information content (AvgIpc) is 3.24. The molecule has 0 bridgehead atoms. The number of unbranched alkanes of at least 4 members (excludes halogenated alkanes) is 30. The normalized spacial score (nSPS) is 12.0. The van der Waals surface area contributed by atoms with Gasteiger partial charge in [0, 0.05) is 33.8 Å². The largest absolute Gasteiger partial charge is 0.450 e. The number of hydrogen-bond acceptors (Lipinski definition) is 5. The summed E-state index contributed by atoms with van der Waals surface area (Å²) in [7, 11) is 0. The topological polar surface area (TPSA) is 18.5 Å². The number of thiocarbonyl (C=S) groups is 2. The first kappa shape index (κ1) is 59.7. The summed E-state index contributed by atoms with van der Waals surface area (Å²) < 4.78 is 13.0. The van der Waals surface area contributed by atoms with E-state index in [1.807, 2.05) is 11.8 Å². The van der Waals surface area contributed by atoms with E-state index in [2.05, 4.69) is 93.5 Å². The Hall–Kier alpha value is -1.43. The van der Waals surface area contributed by atoms with Crippen molar-refractivity contribution in [2.75, 3.05) is 0 Å². The van der Waals surface area contributed by atoms with Gasteiger partial charge in [0.15, 0.2) is 10.1 Å². The van der Waals surface area contributed by atoms with Crippen LogP contribution in [0.15, 0.2) is 34.1 Å². The molecule has 0 atom stereocenters. The summed E-state index contributed by atoms with van der Waals surface area (Å²) in [5, 5.41) is 1.43. The molecule has 0 saturated heterocycles. The minimum absolute atomic E-state index is 0.0897. The minimum Gasteiger partial charge on any atom is -0.450 e. The van der Waals surface area contributed by atoms with E-state index in [1.54, 1.807) is 0 Å². The van der Waals surface area contributed by atoms with Crippen LogP contribution < -0.4 is 9.47 Å². The fourth-order valence-corrected chi connectivity index (χ4v) is 10.5. The zero-order valence-electron chi connectivity index (χ0n) is 44.4. The van der Waals surface area contributed by atoms with Gasteiger partial charge in [-0.05, 0) is 97.3 Å². The fraction of sp³-hybridized carbons (Fsp3) is 0.767. The van der Waals surface area contributed by atoms with Crippen LogP contribution in [0, 0.1) is 13.8 Å². The van der Waals surface area contributed by atoms with Crippen LogP contribution in [0.3, 0.4) is 0 Å². The van der Waals surface area contributed by atoms with E-state index in [4.69, 9.17) is 33.9 Å². The molecule has 0 aliphatic carbocycles. The maximum absolute atomic E-state index is 6.50. The summed E-state index contributed by atoms with van der Waals surface area (Å²) in [6, 6.07) is 9.13. The highest BCUT2D eigenvalue weighted by Crippen LogP contribution is 2.43. The van der Waals surface area contributed by atoms with Crippen LogP contribution in [0.4, 0.5) is 0 Å². The Balaban J connectivity index is 1.81. The summed E-state index contributed by atoms with van der Waals surface area (Å²) >= 11 is 13.5. The van der Waals surface area contributed by atoms with Gasteiger partial charge in [-0.25, -0.2) is 0 Å². The Labute approximate surface area is 419 Å². The van der Waals surface area contributed by atoms with Crippen molar-refractivity contribution >= 4 is 46.3 Å². The summed E-state index contributed by atoms with van der Waals surface area (Å²) in [5.41, 5.74) is 4.64. The lowest BCUT2D eigenvalue weighted by atomic mass is 9.85. The smallest absolute Gasteiger partial charge is 0.167 e. The van der Waals surface area contributed by atoms with E-state index >= 15 is 0 Å². The SMILES string of the molecule is CCCCCCCCCCCCCCCCCCC(=S)Oc1cc(C)c(Sc2cc(C(C)(C)C)c(OC(=S)CCCCCCCCCCCCCCCCCC)cc2C)cc1C(C)(C)C. The maximum Gasteiger partial charge on any atom is 0.167 e. The molecule has 372 valence electrons. The quantitative estimate of drug-likeness (QED) is 0.0492. The van der Waals surface area contributed by atoms with E-state index < -0.39 is 0 Å². The van der Waals surface area contributed by atoms with Gasteiger partial charge in [-0.1, -0.05) is 260 Å². The number of ether oxygens (including phenoxy) is 2. The third-order valence-corrected chi connectivity index (χ3v) is 15.2. The van der Waals surface area contributed by atoms with Gasteiger partial charge in [0.1, 0.15) is 11.5 Å². The Morgan fingerprint density at radius 3 is 0.846 bits per heavy atom. The first-order valence-corrected chi connectivity index (χ1v) is 29.2. The Kier molecular flexibility index (Phi) is 32.7. The second-order valence-electron chi connectivity index (χ2n) is 21.9. The van der Waals surface area contributed by atoms with E-state index in [-0.39, 0.29) is 10.8 Å². The van der Waals surface area contributed by atoms with Crippen LogP contribution in [0.25, 0.3) is 0 Å². The predicted octanol–water partition coefficient (Wildman–Crippen LogP) is 21.8. The third kappa shape index (κ3) is 28.0. The average molecular weight is 952 g/mol. The molecule has 0 aromatic heterocycles. The number of rotatable bonds is 38. The fourth-order valence-electron chi connectivity index (χ4n) is 8.98. The highest BCUT2D eigenvalue weighted by Gasteiger charge is 2.25. The molecule has 0 saturated carbocycles. The summed E-state index contributed by atoms with van der Waals surface area (Å²) in [6.45, 7) is 22.6. The highest BCUT2D eigenvalue weighted by atomic mass is 32.2. The molecular formula is C60H102O2S3. The van der Waals surface area contributed by atoms with Crippen molar-refractivity contribution in [2.45, 2.75) is 308 Å². The number of hydrogen-bond donors (Lipinski definition) is 0. The van der Waals surface area contributed by atoms with Crippen LogP contribution in [-0.4, -0.2) is 10.1 Å². The first-order chi connectivity index (χ1) is 31.2. The molecule has 2 aromatic rings. The molecule has 2 aromatic carbocycles. The predicted molar refractivity (Wildman–Crippen MR) is 299 cm³/mol. The summed E-state index contributed by atoms with van der Waals surface area (Å²) in [4.78, 5) is 2.50. The maximum atomic E-state index is 6.50. The molecule has 5 heteroatoms. The molecule has 65 heavy (non-hydrogen) atoms. The zero-order valence-corrected chi connectivity index (χ0v) is 46.8. The molecular weight excluding hydrogens is 849 g/mol. The molecule has 0 heterocycles. The molecule has 0 aliphatic heterocycles. The van der Waals surface area contributed by atoms with Gasteiger partial charge in [-0.3, -0.25) is 0 Å². The van der Waals surface area contributed by atoms with Crippen LogP contribution in [0.1, 0.15) is 296 Å². The summed E-state index contributed by atoms with van der Waals surface area (Å²) in [5.74, 6) is 1.82. The monoisotopic (exact) mass is 951 g/mol. The van der Waals surface area contributed by atoms with Crippen molar-refractivity contribution in [1.29, 1.82) is 0 Å². The molecule has 2 rings (SSSR count). The van der Waals surface area contributed by atoms with Crippen LogP contribution in [0.5, 0.6) is 11.5 Å². The van der Waals surface area contributed by atoms with Crippen LogP contribution in [0.2, 0.25) is 0 Å². The van der Waals surface area contributed by atoms with Gasteiger partial charge in [0.05, 0.1) is 0 Å². The van der Waals surface area contributed by atoms with Crippen molar-refractivity contribution in [3.63, 3.8) is 0 Å². The van der Waals surface area contributed by atoms with Crippen molar-refractivity contribution in [1.82, 2.24) is 0 Å². The Bertz CT molecular complexity index is 1450. The highest BCUT2D eigenvalue weighted by molar-refractivity contribution is 7.99. The third-order valence-electron chi connectivity index (χ3n) is 13.3. The molecule has 0 unspecified atom stereocenters. The van der Waals surface area contributed by atoms with Gasteiger partial charge in [0.2, 0.25) is 0 Å². The van der Waals surface area contributed by atoms with E-state index in [0.717, 1.165) is 47.3 Å². The van der Waals surface area contributed by atoms with Crippen molar-refractivity contribution in [3.05, 3.63) is 46.5 Å². The lowest BCUT2D eigenvalue weighted by Gasteiger charge is -2.26. The summed E-state index contributed by atoms with van der Waals surface area (Å²) in [6.07, 6.45) is 45.6. The molecule has 0 spiro atoms. The molecule has 0 fully saturated rings.